The molecular weight excluding hydrogens is 1350 g/mol. The molecule has 0 spiro atoms. The normalized spacial score (nSPS) is 14.4. The zero-order chi connectivity index (χ0) is 76.0. The van der Waals surface area contributed by atoms with Crippen LogP contribution in [0.25, 0.3) is 0 Å². The molecule has 0 rings (SSSR count). The monoisotopic (exact) mass is 1500 g/mol. The van der Waals surface area contributed by atoms with Crippen LogP contribution >= 0.6 is 15.6 Å². The first-order chi connectivity index (χ1) is 50.7. The number of carbonyl (C=O) groups excluding carboxylic acids is 4. The maximum absolute atomic E-state index is 13.1. The van der Waals surface area contributed by atoms with Crippen molar-refractivity contribution in [3.05, 3.63) is 109 Å². The van der Waals surface area contributed by atoms with Gasteiger partial charge in [-0.25, -0.2) is 9.13 Å². The van der Waals surface area contributed by atoms with Crippen molar-refractivity contribution >= 4 is 39.5 Å². The summed E-state index contributed by atoms with van der Waals surface area (Å²) in [4.78, 5) is 73.0. The average Bonchev–Trinajstić information content (AvgIpc) is 0.929. The van der Waals surface area contributed by atoms with Crippen molar-refractivity contribution in [1.82, 2.24) is 0 Å². The van der Waals surface area contributed by atoms with Gasteiger partial charge in [0.05, 0.1) is 26.4 Å². The van der Waals surface area contributed by atoms with Crippen LogP contribution in [0.4, 0.5) is 0 Å². The minimum Gasteiger partial charge on any atom is -0.462 e. The van der Waals surface area contributed by atoms with Gasteiger partial charge < -0.3 is 33.8 Å². The van der Waals surface area contributed by atoms with Gasteiger partial charge in [0.25, 0.3) is 0 Å². The Labute approximate surface area is 632 Å². The summed E-state index contributed by atoms with van der Waals surface area (Å²) in [5, 5.41) is 10.6. The van der Waals surface area contributed by atoms with E-state index in [2.05, 4.69) is 137 Å². The molecular formula is C85H148O17P2. The fourth-order valence-corrected chi connectivity index (χ4v) is 12.5. The van der Waals surface area contributed by atoms with E-state index >= 15 is 0 Å². The van der Waals surface area contributed by atoms with Gasteiger partial charge in [-0.3, -0.25) is 37.3 Å². The molecule has 0 aliphatic carbocycles. The molecule has 0 aromatic rings. The van der Waals surface area contributed by atoms with E-state index in [4.69, 9.17) is 37.0 Å². The lowest BCUT2D eigenvalue weighted by atomic mass is 10.1. The summed E-state index contributed by atoms with van der Waals surface area (Å²) in [6.07, 6.45) is 83.5. The second-order valence-corrected chi connectivity index (χ2v) is 30.2. The fourth-order valence-electron chi connectivity index (χ4n) is 11.0. The molecule has 17 nitrogen and oxygen atoms in total. The van der Waals surface area contributed by atoms with Crippen molar-refractivity contribution < 1.29 is 80.2 Å². The Hall–Kier alpha value is -4.28. The smallest absolute Gasteiger partial charge is 0.462 e. The van der Waals surface area contributed by atoms with Crippen LogP contribution in [-0.4, -0.2) is 96.7 Å². The molecule has 0 radical (unpaired) electrons. The van der Waals surface area contributed by atoms with E-state index in [1.54, 1.807) is 0 Å². The molecule has 0 saturated heterocycles. The maximum Gasteiger partial charge on any atom is 0.472 e. The van der Waals surface area contributed by atoms with Gasteiger partial charge in [-0.2, -0.15) is 0 Å². The van der Waals surface area contributed by atoms with Crippen LogP contribution in [-0.2, 0) is 65.4 Å². The van der Waals surface area contributed by atoms with Crippen molar-refractivity contribution in [2.45, 2.75) is 367 Å². The van der Waals surface area contributed by atoms with Gasteiger partial charge >= 0.3 is 39.5 Å². The molecule has 0 bridgehead atoms. The Morgan fingerprint density at radius 3 is 0.808 bits per heavy atom. The molecule has 19 heteroatoms. The predicted molar refractivity (Wildman–Crippen MR) is 427 cm³/mol. The Morgan fingerprint density at radius 2 is 0.500 bits per heavy atom. The van der Waals surface area contributed by atoms with Gasteiger partial charge in [0.15, 0.2) is 12.2 Å². The zero-order valence-corrected chi connectivity index (χ0v) is 67.5. The van der Waals surface area contributed by atoms with Gasteiger partial charge in [-0.1, -0.05) is 298 Å². The highest BCUT2D eigenvalue weighted by molar-refractivity contribution is 7.47. The van der Waals surface area contributed by atoms with Gasteiger partial charge in [0, 0.05) is 25.7 Å². The number of esters is 4. The lowest BCUT2D eigenvalue weighted by molar-refractivity contribution is -0.161. The topological polar surface area (TPSA) is 237 Å². The fraction of sp³-hybridized carbons (Fsp3) is 0.741. The highest BCUT2D eigenvalue weighted by Crippen LogP contribution is 2.45. The van der Waals surface area contributed by atoms with Crippen LogP contribution in [0.5, 0.6) is 0 Å². The molecule has 0 aliphatic rings. The number of aliphatic hydroxyl groups excluding tert-OH is 1. The Bertz CT molecular complexity index is 2390. The quantitative estimate of drug-likeness (QED) is 0.0169. The van der Waals surface area contributed by atoms with E-state index < -0.39 is 97.5 Å². The van der Waals surface area contributed by atoms with Gasteiger partial charge in [-0.15, -0.1) is 0 Å². The summed E-state index contributed by atoms with van der Waals surface area (Å²) in [5.74, 6) is -2.22. The first-order valence-electron chi connectivity index (χ1n) is 41.1. The molecule has 0 aromatic heterocycles. The van der Waals surface area contributed by atoms with E-state index in [9.17, 15) is 43.2 Å². The molecule has 600 valence electrons. The first kappa shape index (κ1) is 99.7. The molecule has 0 aliphatic heterocycles. The minimum atomic E-state index is -4.99. The molecule has 104 heavy (non-hydrogen) atoms. The first-order valence-corrected chi connectivity index (χ1v) is 44.1. The number of unbranched alkanes of at least 4 members (excludes halogenated alkanes) is 33. The highest BCUT2D eigenvalue weighted by Gasteiger charge is 2.30. The molecule has 0 fully saturated rings. The molecule has 0 saturated carbocycles. The van der Waals surface area contributed by atoms with E-state index in [-0.39, 0.29) is 25.7 Å². The third-order valence-corrected chi connectivity index (χ3v) is 19.1. The second-order valence-electron chi connectivity index (χ2n) is 27.3. The number of hydrogen-bond donors (Lipinski definition) is 3. The molecule has 5 unspecified atom stereocenters. The number of rotatable bonds is 77. The van der Waals surface area contributed by atoms with Gasteiger partial charge in [0.2, 0.25) is 0 Å². The predicted octanol–water partition coefficient (Wildman–Crippen LogP) is 24.1. The van der Waals surface area contributed by atoms with Gasteiger partial charge in [0.1, 0.15) is 19.3 Å². The third kappa shape index (κ3) is 75.9. The molecule has 0 aromatic carbocycles. The number of ether oxygens (including phenoxy) is 4. The summed E-state index contributed by atoms with van der Waals surface area (Å²) >= 11 is 0. The Morgan fingerprint density at radius 1 is 0.279 bits per heavy atom. The maximum atomic E-state index is 13.1. The number of hydrogen-bond acceptors (Lipinski definition) is 15. The van der Waals surface area contributed by atoms with Crippen LogP contribution in [0.1, 0.15) is 349 Å². The van der Waals surface area contributed by atoms with Crippen molar-refractivity contribution in [2.24, 2.45) is 0 Å². The number of phosphoric acid groups is 2. The van der Waals surface area contributed by atoms with Crippen LogP contribution in [0, 0.1) is 0 Å². The van der Waals surface area contributed by atoms with Crippen LogP contribution < -0.4 is 0 Å². The van der Waals surface area contributed by atoms with E-state index in [0.717, 1.165) is 173 Å². The molecule has 0 heterocycles. The van der Waals surface area contributed by atoms with E-state index in [1.807, 2.05) is 0 Å². The van der Waals surface area contributed by atoms with E-state index in [0.29, 0.717) is 25.7 Å². The van der Waals surface area contributed by atoms with Gasteiger partial charge in [-0.05, 0) is 135 Å². The second kappa shape index (κ2) is 76.9. The van der Waals surface area contributed by atoms with Crippen LogP contribution in [0.2, 0.25) is 0 Å². The Kier molecular flexibility index (Phi) is 73.7. The molecule has 3 N–H and O–H groups in total. The highest BCUT2D eigenvalue weighted by atomic mass is 31.2. The lowest BCUT2D eigenvalue weighted by Crippen LogP contribution is -2.30. The van der Waals surface area contributed by atoms with Crippen molar-refractivity contribution in [2.75, 3.05) is 39.6 Å². The largest absolute Gasteiger partial charge is 0.472 e. The SMILES string of the molecule is CC/C=C\C/C=C\C/C=C\C/C=C\C/C=C\CCCCCC(=O)OCC(COP(=O)(O)OCC(O)COP(=O)(O)OCC(COC(=O)CCCCCCCC/C=C\C/C=C\C/C=C\CCCCC)OC(=O)CCCCCCCCCCCCC)OC(=O)CCCCCCC/C=C\CCCCCCCC. The standard InChI is InChI=1S/C85H148O17P2/c1-5-9-13-17-21-25-29-32-35-37-39-41-44-46-50-53-57-61-65-69-82(87)95-75-80(101-84(89)71-67-63-59-55-49-28-24-20-16-12-8-4)77-99-103(91,92)97-73-79(86)74-98-104(93,94)100-78-81(102-85(90)72-68-64-60-56-52-48-43-34-31-27-23-19-15-11-7-3)76-96-83(88)70-66-62-58-54-51-47-45-42-40-38-36-33-30-26-22-18-14-10-6-2/h10,14,21-22,25-26,32-36,39-43,47,51,79-81,86H,5-9,11-13,15-20,23-24,27-31,37-38,44-46,48-50,52-78H2,1-4H3,(H,91,92)(H,93,94)/b14-10-,25-21-,26-22-,35-32-,36-33-,41-39-,42-40-,43-34-,51-47-. The van der Waals surface area contributed by atoms with Crippen LogP contribution in [0.3, 0.4) is 0 Å². The zero-order valence-electron chi connectivity index (χ0n) is 65.7. The minimum absolute atomic E-state index is 0.0771. The van der Waals surface area contributed by atoms with Crippen LogP contribution in [0.15, 0.2) is 109 Å². The van der Waals surface area contributed by atoms with Crippen molar-refractivity contribution in [3.8, 4) is 0 Å². The van der Waals surface area contributed by atoms with Crippen molar-refractivity contribution in [1.29, 1.82) is 0 Å². The lowest BCUT2D eigenvalue weighted by Gasteiger charge is -2.21. The number of aliphatic hydroxyl groups is 1. The molecule has 5 atom stereocenters. The summed E-state index contributed by atoms with van der Waals surface area (Å²) < 4.78 is 68.6. The number of allylic oxidation sites excluding steroid dienone is 18. The Balaban J connectivity index is 5.35. The van der Waals surface area contributed by atoms with Crippen molar-refractivity contribution in [3.63, 3.8) is 0 Å². The third-order valence-electron chi connectivity index (χ3n) is 17.2. The molecule has 0 amide bonds. The summed E-state index contributed by atoms with van der Waals surface area (Å²) in [6.45, 7) is 4.70. The van der Waals surface area contributed by atoms with E-state index in [1.165, 1.54) is 96.3 Å². The summed E-state index contributed by atoms with van der Waals surface area (Å²) in [7, 11) is -9.97. The number of phosphoric ester groups is 2. The summed E-state index contributed by atoms with van der Waals surface area (Å²) in [6, 6.07) is 0. The summed E-state index contributed by atoms with van der Waals surface area (Å²) in [5.41, 5.74) is 0. The number of carbonyl (C=O) groups is 4. The average molecular weight is 1500 g/mol.